The van der Waals surface area contributed by atoms with E-state index in [1.54, 1.807) is 24.8 Å². The van der Waals surface area contributed by atoms with Gasteiger partial charge in [-0.05, 0) is 13.8 Å². The SMILES string of the molecule is Cc1cc(NC(=O)CN2CCN(C(=O)c3c(C)noc3C(C)C)CC2)no1. The van der Waals surface area contributed by atoms with Gasteiger partial charge in [0.25, 0.3) is 5.91 Å². The number of nitrogens with zero attached hydrogens (tertiary/aromatic N) is 4. The maximum Gasteiger partial charge on any atom is 0.259 e. The lowest BCUT2D eigenvalue weighted by atomic mass is 10.0. The van der Waals surface area contributed by atoms with Gasteiger partial charge in [0.2, 0.25) is 5.91 Å². The third-order valence-electron chi connectivity index (χ3n) is 4.55. The minimum absolute atomic E-state index is 0.0559. The zero-order chi connectivity index (χ0) is 19.6. The molecular formula is C18H25N5O4. The van der Waals surface area contributed by atoms with Gasteiger partial charge >= 0.3 is 0 Å². The molecule has 0 unspecified atom stereocenters. The molecule has 27 heavy (non-hydrogen) atoms. The normalized spacial score (nSPS) is 15.4. The molecule has 2 aromatic rings. The first-order chi connectivity index (χ1) is 12.8. The third-order valence-corrected chi connectivity index (χ3v) is 4.55. The average Bonchev–Trinajstić information content (AvgIpc) is 3.20. The van der Waals surface area contributed by atoms with E-state index in [0.29, 0.717) is 54.8 Å². The molecule has 0 bridgehead atoms. The summed E-state index contributed by atoms with van der Waals surface area (Å²) in [5.74, 6) is 1.56. The summed E-state index contributed by atoms with van der Waals surface area (Å²) in [4.78, 5) is 28.8. The maximum atomic E-state index is 12.9. The molecule has 1 N–H and O–H groups in total. The molecule has 9 nitrogen and oxygen atoms in total. The van der Waals surface area contributed by atoms with E-state index < -0.39 is 0 Å². The number of aryl methyl sites for hydroxylation is 2. The Morgan fingerprint density at radius 3 is 2.44 bits per heavy atom. The van der Waals surface area contributed by atoms with Gasteiger partial charge in [0, 0.05) is 38.2 Å². The standard InChI is InChI=1S/C18H25N5O4/c1-11(2)17-16(13(4)20-27-17)18(25)23-7-5-22(6-8-23)10-15(24)19-14-9-12(3)26-21-14/h9,11H,5-8,10H2,1-4H3,(H,19,21,24). The van der Waals surface area contributed by atoms with E-state index >= 15 is 0 Å². The first-order valence-corrected chi connectivity index (χ1v) is 9.06. The summed E-state index contributed by atoms with van der Waals surface area (Å²) in [6, 6.07) is 1.67. The molecule has 0 saturated carbocycles. The van der Waals surface area contributed by atoms with Crippen LogP contribution in [0.25, 0.3) is 0 Å². The van der Waals surface area contributed by atoms with Crippen LogP contribution in [0.4, 0.5) is 5.82 Å². The van der Waals surface area contributed by atoms with Crippen LogP contribution in [0.1, 0.15) is 47.3 Å². The molecule has 1 saturated heterocycles. The molecule has 0 aromatic carbocycles. The van der Waals surface area contributed by atoms with Gasteiger partial charge in [-0.2, -0.15) is 0 Å². The van der Waals surface area contributed by atoms with Gasteiger partial charge in [-0.25, -0.2) is 0 Å². The van der Waals surface area contributed by atoms with Crippen LogP contribution in [0.15, 0.2) is 15.1 Å². The van der Waals surface area contributed by atoms with Crippen LogP contribution in [-0.2, 0) is 4.79 Å². The molecule has 9 heteroatoms. The second-order valence-electron chi connectivity index (χ2n) is 7.10. The Bertz CT molecular complexity index is 818. The topological polar surface area (TPSA) is 105 Å². The van der Waals surface area contributed by atoms with Crippen molar-refractivity contribution in [2.75, 3.05) is 38.0 Å². The number of aromatic nitrogens is 2. The van der Waals surface area contributed by atoms with Crippen LogP contribution in [0.2, 0.25) is 0 Å². The van der Waals surface area contributed by atoms with Gasteiger partial charge in [0.05, 0.1) is 12.2 Å². The Morgan fingerprint density at radius 1 is 1.15 bits per heavy atom. The molecule has 1 fully saturated rings. The molecule has 146 valence electrons. The first kappa shape index (κ1) is 19.1. The lowest BCUT2D eigenvalue weighted by molar-refractivity contribution is -0.117. The summed E-state index contributed by atoms with van der Waals surface area (Å²) in [5.41, 5.74) is 1.19. The number of nitrogens with one attached hydrogen (secondary N) is 1. The van der Waals surface area contributed by atoms with Crippen molar-refractivity contribution in [1.29, 1.82) is 0 Å². The monoisotopic (exact) mass is 375 g/mol. The van der Waals surface area contributed by atoms with Gasteiger partial charge in [-0.3, -0.25) is 14.5 Å². The van der Waals surface area contributed by atoms with Crippen LogP contribution in [-0.4, -0.2) is 64.7 Å². The number of piperazine rings is 1. The molecule has 0 spiro atoms. The number of anilines is 1. The Labute approximate surface area is 157 Å². The van der Waals surface area contributed by atoms with Crippen molar-refractivity contribution in [2.45, 2.75) is 33.6 Å². The van der Waals surface area contributed by atoms with Crippen molar-refractivity contribution < 1.29 is 18.6 Å². The molecule has 1 aliphatic rings. The summed E-state index contributed by atoms with van der Waals surface area (Å²) in [6.07, 6.45) is 0. The van der Waals surface area contributed by atoms with E-state index in [1.807, 2.05) is 18.7 Å². The van der Waals surface area contributed by atoms with Crippen LogP contribution in [0.3, 0.4) is 0 Å². The molecule has 1 aliphatic heterocycles. The highest BCUT2D eigenvalue weighted by atomic mass is 16.5. The van der Waals surface area contributed by atoms with Crippen LogP contribution in [0, 0.1) is 13.8 Å². The van der Waals surface area contributed by atoms with Gasteiger partial charge < -0.3 is 19.3 Å². The lowest BCUT2D eigenvalue weighted by Crippen LogP contribution is -2.50. The van der Waals surface area contributed by atoms with E-state index in [0.717, 1.165) is 0 Å². The number of hydrogen-bond acceptors (Lipinski definition) is 7. The van der Waals surface area contributed by atoms with Crippen LogP contribution >= 0.6 is 0 Å². The van der Waals surface area contributed by atoms with Gasteiger partial charge in [0.15, 0.2) is 11.6 Å². The van der Waals surface area contributed by atoms with Gasteiger partial charge in [-0.1, -0.05) is 24.2 Å². The second-order valence-corrected chi connectivity index (χ2v) is 7.10. The van der Waals surface area contributed by atoms with Crippen molar-refractivity contribution in [3.05, 3.63) is 28.8 Å². The fourth-order valence-electron chi connectivity index (χ4n) is 3.12. The first-order valence-electron chi connectivity index (χ1n) is 9.06. The predicted octanol–water partition coefficient (Wildman–Crippen LogP) is 1.80. The lowest BCUT2D eigenvalue weighted by Gasteiger charge is -2.34. The second kappa shape index (κ2) is 7.91. The highest BCUT2D eigenvalue weighted by molar-refractivity contribution is 5.96. The Kier molecular flexibility index (Phi) is 5.59. The Balaban J connectivity index is 1.53. The number of carbonyl (C=O) groups excluding carboxylic acids is 2. The number of rotatable bonds is 5. The van der Waals surface area contributed by atoms with E-state index in [4.69, 9.17) is 9.05 Å². The number of hydrogen-bond donors (Lipinski definition) is 1. The molecular weight excluding hydrogens is 350 g/mol. The Hall–Kier alpha value is -2.68. The van der Waals surface area contributed by atoms with E-state index in [9.17, 15) is 9.59 Å². The summed E-state index contributed by atoms with van der Waals surface area (Å²) in [6.45, 7) is 10.1. The predicted molar refractivity (Wildman–Crippen MR) is 97.5 cm³/mol. The third kappa shape index (κ3) is 4.36. The van der Waals surface area contributed by atoms with Crippen molar-refractivity contribution in [1.82, 2.24) is 20.1 Å². The molecule has 3 heterocycles. The fraction of sp³-hybridized carbons (Fsp3) is 0.556. The van der Waals surface area contributed by atoms with Crippen molar-refractivity contribution in [3.8, 4) is 0 Å². The molecule has 0 atom stereocenters. The van der Waals surface area contributed by atoms with Crippen LogP contribution < -0.4 is 5.32 Å². The highest BCUT2D eigenvalue weighted by Gasteiger charge is 2.29. The molecule has 2 amide bonds. The average molecular weight is 375 g/mol. The summed E-state index contributed by atoms with van der Waals surface area (Å²) in [7, 11) is 0. The number of carbonyl (C=O) groups is 2. The zero-order valence-corrected chi connectivity index (χ0v) is 16.1. The molecule has 2 aromatic heterocycles. The number of amides is 2. The zero-order valence-electron chi connectivity index (χ0n) is 16.1. The van der Waals surface area contributed by atoms with Crippen LogP contribution in [0.5, 0.6) is 0 Å². The maximum absolute atomic E-state index is 12.9. The smallest absolute Gasteiger partial charge is 0.259 e. The van der Waals surface area contributed by atoms with E-state index in [1.165, 1.54) is 0 Å². The fourth-order valence-corrected chi connectivity index (χ4v) is 3.12. The molecule has 0 aliphatic carbocycles. The highest BCUT2D eigenvalue weighted by Crippen LogP contribution is 2.24. The Morgan fingerprint density at radius 2 is 1.85 bits per heavy atom. The van der Waals surface area contributed by atoms with E-state index in [-0.39, 0.29) is 24.3 Å². The molecule has 0 radical (unpaired) electrons. The minimum Gasteiger partial charge on any atom is -0.360 e. The van der Waals surface area contributed by atoms with Crippen molar-refractivity contribution in [2.24, 2.45) is 0 Å². The van der Waals surface area contributed by atoms with Gasteiger partial charge in [0.1, 0.15) is 11.3 Å². The quantitative estimate of drug-likeness (QED) is 0.849. The van der Waals surface area contributed by atoms with Crippen molar-refractivity contribution in [3.63, 3.8) is 0 Å². The van der Waals surface area contributed by atoms with Gasteiger partial charge in [-0.15, -0.1) is 0 Å². The minimum atomic E-state index is -0.153. The summed E-state index contributed by atoms with van der Waals surface area (Å²) < 4.78 is 10.3. The van der Waals surface area contributed by atoms with E-state index in [2.05, 4.69) is 15.6 Å². The molecule has 3 rings (SSSR count). The summed E-state index contributed by atoms with van der Waals surface area (Å²) >= 11 is 0. The van der Waals surface area contributed by atoms with Crippen molar-refractivity contribution >= 4 is 17.6 Å². The largest absolute Gasteiger partial charge is 0.360 e. The summed E-state index contributed by atoms with van der Waals surface area (Å²) in [5, 5.41) is 10.4.